The first kappa shape index (κ1) is 15.5. The second-order valence-corrected chi connectivity index (χ2v) is 4.19. The molecule has 0 saturated carbocycles. The minimum absolute atomic E-state index is 0. The third-order valence-corrected chi connectivity index (χ3v) is 2.89. The van der Waals surface area contributed by atoms with Gasteiger partial charge in [-0.2, -0.15) is 12.1 Å². The summed E-state index contributed by atoms with van der Waals surface area (Å²) in [6, 6.07) is 27.2. The standard InChI is InChI=1S/C13H13.C5H5.Fe/c1-2-11-6-5-9-13(10-11)12-7-3-4-8-12;1-2-4-5-3-1;/h3-10H,2H2,1H3;1-5H;/q-1;-5;. The first-order valence-electron chi connectivity index (χ1n) is 6.38. The van der Waals surface area contributed by atoms with Gasteiger partial charge in [-0.3, -0.25) is 0 Å². The van der Waals surface area contributed by atoms with E-state index in [1.165, 1.54) is 16.7 Å². The van der Waals surface area contributed by atoms with Gasteiger partial charge in [0.15, 0.2) is 0 Å². The second kappa shape index (κ2) is 8.53. The summed E-state index contributed by atoms with van der Waals surface area (Å²) in [6.45, 7) is 2.18. The van der Waals surface area contributed by atoms with Gasteiger partial charge >= 0.3 is 0 Å². The van der Waals surface area contributed by atoms with Gasteiger partial charge in [-0.05, 0) is 6.42 Å². The molecule has 0 aliphatic heterocycles. The minimum Gasteiger partial charge on any atom is -0.748 e. The van der Waals surface area contributed by atoms with E-state index in [1.807, 2.05) is 30.3 Å². The molecular formula is C18H18Fe-6. The molecule has 0 bridgehead atoms. The molecular weight excluding hydrogens is 272 g/mol. The van der Waals surface area contributed by atoms with Gasteiger partial charge < -0.3 is 30.3 Å². The van der Waals surface area contributed by atoms with Gasteiger partial charge in [0.25, 0.3) is 0 Å². The summed E-state index contributed by atoms with van der Waals surface area (Å²) in [5.41, 5.74) is 4.04. The maximum absolute atomic E-state index is 2.26. The SMILES string of the molecule is CCc1cccc(-[c-]2cccc2)c1.[Fe].[cH-]1[cH-][cH-][cH-][cH-]1. The van der Waals surface area contributed by atoms with Crippen LogP contribution in [-0.2, 0) is 23.5 Å². The van der Waals surface area contributed by atoms with E-state index < -0.39 is 0 Å². The van der Waals surface area contributed by atoms with Crippen molar-refractivity contribution in [2.75, 3.05) is 0 Å². The average molecular weight is 290 g/mol. The Labute approximate surface area is 126 Å². The van der Waals surface area contributed by atoms with Crippen LogP contribution in [0.5, 0.6) is 0 Å². The van der Waals surface area contributed by atoms with Crippen LogP contribution in [-0.4, -0.2) is 0 Å². The zero-order valence-electron chi connectivity index (χ0n) is 11.1. The van der Waals surface area contributed by atoms with Crippen LogP contribution >= 0.6 is 0 Å². The normalized spacial score (nSPS) is 9.11. The molecule has 0 spiro atoms. The van der Waals surface area contributed by atoms with E-state index in [0.717, 1.165) is 6.42 Å². The molecule has 1 heteroatoms. The van der Waals surface area contributed by atoms with Crippen molar-refractivity contribution in [2.45, 2.75) is 13.3 Å². The van der Waals surface area contributed by atoms with Crippen LogP contribution in [0.15, 0.2) is 78.9 Å². The Bertz CT molecular complexity index is 516. The molecule has 19 heavy (non-hydrogen) atoms. The van der Waals surface area contributed by atoms with Crippen LogP contribution < -0.4 is 0 Å². The summed E-state index contributed by atoms with van der Waals surface area (Å²) >= 11 is 0. The molecule has 3 rings (SSSR count). The molecule has 0 saturated heterocycles. The van der Waals surface area contributed by atoms with E-state index in [0.29, 0.717) is 0 Å². The van der Waals surface area contributed by atoms with Crippen molar-refractivity contribution in [3.63, 3.8) is 0 Å². The Balaban J connectivity index is 0.000000256. The van der Waals surface area contributed by atoms with E-state index in [9.17, 15) is 0 Å². The topological polar surface area (TPSA) is 0 Å². The fourth-order valence-corrected chi connectivity index (χ4v) is 1.86. The van der Waals surface area contributed by atoms with Crippen molar-refractivity contribution < 1.29 is 17.1 Å². The van der Waals surface area contributed by atoms with Crippen molar-refractivity contribution in [3.05, 3.63) is 84.4 Å². The molecule has 3 aromatic rings. The third kappa shape index (κ3) is 4.90. The predicted molar refractivity (Wildman–Crippen MR) is 78.9 cm³/mol. The molecule has 3 aromatic carbocycles. The van der Waals surface area contributed by atoms with Gasteiger partial charge in [-0.25, -0.2) is 0 Å². The number of rotatable bonds is 2. The summed E-state index contributed by atoms with van der Waals surface area (Å²) in [6.07, 6.45) is 1.11. The fourth-order valence-electron chi connectivity index (χ4n) is 1.86. The van der Waals surface area contributed by atoms with Gasteiger partial charge in [-0.1, -0.05) is 30.2 Å². The average Bonchev–Trinajstić information content (AvgIpc) is 3.14. The quantitative estimate of drug-likeness (QED) is 0.458. The van der Waals surface area contributed by atoms with Crippen molar-refractivity contribution in [1.29, 1.82) is 0 Å². The summed E-state index contributed by atoms with van der Waals surface area (Å²) in [5.74, 6) is 0. The second-order valence-electron chi connectivity index (χ2n) is 4.19. The molecule has 0 nitrogen and oxygen atoms in total. The Hall–Kier alpha value is -1.56. The Morgan fingerprint density at radius 3 is 2.00 bits per heavy atom. The van der Waals surface area contributed by atoms with E-state index >= 15 is 0 Å². The Morgan fingerprint density at radius 1 is 0.895 bits per heavy atom. The molecule has 0 heterocycles. The zero-order chi connectivity index (χ0) is 12.6. The summed E-state index contributed by atoms with van der Waals surface area (Å²) in [5, 5.41) is 0. The number of hydrogen-bond donors (Lipinski definition) is 0. The predicted octanol–water partition coefficient (Wildman–Crippen LogP) is 5.04. The summed E-state index contributed by atoms with van der Waals surface area (Å²) in [7, 11) is 0. The molecule has 0 atom stereocenters. The van der Waals surface area contributed by atoms with Crippen LogP contribution in [0, 0.1) is 0 Å². The minimum atomic E-state index is 0. The molecule has 0 aromatic heterocycles. The van der Waals surface area contributed by atoms with Gasteiger partial charge in [0, 0.05) is 17.1 Å². The van der Waals surface area contributed by atoms with Crippen LogP contribution in [0.2, 0.25) is 0 Å². The first-order valence-corrected chi connectivity index (χ1v) is 6.38. The number of aryl methyl sites for hydroxylation is 1. The smallest absolute Gasteiger partial charge is 0 e. The molecule has 0 aliphatic rings. The van der Waals surface area contributed by atoms with Crippen molar-refractivity contribution >= 4 is 0 Å². The molecule has 0 aliphatic carbocycles. The first-order chi connectivity index (χ1) is 8.90. The monoisotopic (exact) mass is 290 g/mol. The van der Waals surface area contributed by atoms with Crippen molar-refractivity contribution in [1.82, 2.24) is 0 Å². The fraction of sp³-hybridized carbons (Fsp3) is 0.111. The van der Waals surface area contributed by atoms with Crippen LogP contribution in [0.25, 0.3) is 11.1 Å². The Morgan fingerprint density at radius 2 is 1.47 bits per heavy atom. The van der Waals surface area contributed by atoms with Crippen molar-refractivity contribution in [2.24, 2.45) is 0 Å². The molecule has 104 valence electrons. The Kier molecular flexibility index (Phi) is 6.95. The summed E-state index contributed by atoms with van der Waals surface area (Å²) in [4.78, 5) is 0. The largest absolute Gasteiger partial charge is 0.748 e. The van der Waals surface area contributed by atoms with Gasteiger partial charge in [0.1, 0.15) is 0 Å². The third-order valence-electron chi connectivity index (χ3n) is 2.89. The van der Waals surface area contributed by atoms with Crippen LogP contribution in [0.3, 0.4) is 0 Å². The van der Waals surface area contributed by atoms with E-state index in [4.69, 9.17) is 0 Å². The number of hydrogen-bond acceptors (Lipinski definition) is 0. The molecule has 0 amide bonds. The van der Waals surface area contributed by atoms with Crippen LogP contribution in [0.4, 0.5) is 0 Å². The summed E-state index contributed by atoms with van der Waals surface area (Å²) < 4.78 is 0. The van der Waals surface area contributed by atoms with E-state index in [-0.39, 0.29) is 17.1 Å². The van der Waals surface area contributed by atoms with Crippen LogP contribution in [0.1, 0.15) is 12.5 Å². The molecule has 0 N–H and O–H groups in total. The van der Waals surface area contributed by atoms with Gasteiger partial charge in [-0.15, -0.1) is 29.8 Å². The van der Waals surface area contributed by atoms with Gasteiger partial charge in [0.05, 0.1) is 0 Å². The molecule has 0 radical (unpaired) electrons. The van der Waals surface area contributed by atoms with E-state index in [2.05, 4.69) is 55.5 Å². The number of benzene rings is 1. The maximum atomic E-state index is 2.26. The molecule has 0 fully saturated rings. The van der Waals surface area contributed by atoms with Crippen molar-refractivity contribution in [3.8, 4) is 11.1 Å². The zero-order valence-corrected chi connectivity index (χ0v) is 12.2. The maximum Gasteiger partial charge on any atom is 0 e. The van der Waals surface area contributed by atoms with E-state index in [1.54, 1.807) is 0 Å². The van der Waals surface area contributed by atoms with Gasteiger partial charge in [0.2, 0.25) is 0 Å². The molecule has 0 unspecified atom stereocenters.